The van der Waals surface area contributed by atoms with Crippen molar-refractivity contribution in [2.24, 2.45) is 5.73 Å². The quantitative estimate of drug-likeness (QED) is 0.806. The lowest BCUT2D eigenvalue weighted by molar-refractivity contribution is 0.102. The highest BCUT2D eigenvalue weighted by Gasteiger charge is 2.15. The SMILES string of the molecule is CN(C)c1ncc(Br)cc1C(=O)Nc1ccc(OCCN)cc1. The minimum absolute atomic E-state index is 0.224. The minimum atomic E-state index is -0.224. The molecule has 6 nitrogen and oxygen atoms in total. The Bertz CT molecular complexity index is 674. The topological polar surface area (TPSA) is 80.5 Å². The van der Waals surface area contributed by atoms with Crippen LogP contribution >= 0.6 is 15.9 Å². The average molecular weight is 379 g/mol. The molecule has 1 aromatic heterocycles. The van der Waals surface area contributed by atoms with Crippen LogP contribution in [0.1, 0.15) is 10.4 Å². The molecule has 0 unspecified atom stereocenters. The third kappa shape index (κ3) is 4.67. The van der Waals surface area contributed by atoms with Crippen LogP contribution in [-0.2, 0) is 0 Å². The van der Waals surface area contributed by atoms with Crippen LogP contribution in [0.4, 0.5) is 11.5 Å². The lowest BCUT2D eigenvalue weighted by Crippen LogP contribution is -2.19. The molecule has 7 heteroatoms. The molecule has 0 atom stereocenters. The summed E-state index contributed by atoms with van der Waals surface area (Å²) < 4.78 is 6.15. The smallest absolute Gasteiger partial charge is 0.259 e. The fourth-order valence-corrected chi connectivity index (χ4v) is 2.30. The van der Waals surface area contributed by atoms with Gasteiger partial charge >= 0.3 is 0 Å². The number of nitrogens with two attached hydrogens (primary N) is 1. The maximum absolute atomic E-state index is 12.5. The van der Waals surface area contributed by atoms with Gasteiger partial charge in [-0.25, -0.2) is 4.98 Å². The summed E-state index contributed by atoms with van der Waals surface area (Å²) in [7, 11) is 3.69. The van der Waals surface area contributed by atoms with Crippen molar-refractivity contribution in [2.45, 2.75) is 0 Å². The first-order valence-electron chi connectivity index (χ1n) is 7.08. The van der Waals surface area contributed by atoms with Crippen LogP contribution in [0.15, 0.2) is 41.0 Å². The van der Waals surface area contributed by atoms with Crippen molar-refractivity contribution in [3.05, 3.63) is 46.6 Å². The Morgan fingerprint density at radius 3 is 2.65 bits per heavy atom. The Labute approximate surface area is 143 Å². The maximum atomic E-state index is 12.5. The van der Waals surface area contributed by atoms with Gasteiger partial charge < -0.3 is 20.7 Å². The van der Waals surface area contributed by atoms with Crippen molar-refractivity contribution in [1.82, 2.24) is 4.98 Å². The lowest BCUT2D eigenvalue weighted by atomic mass is 10.2. The van der Waals surface area contributed by atoms with Crippen molar-refractivity contribution >= 4 is 33.3 Å². The van der Waals surface area contributed by atoms with Crippen LogP contribution in [0.3, 0.4) is 0 Å². The van der Waals surface area contributed by atoms with Crippen molar-refractivity contribution in [1.29, 1.82) is 0 Å². The zero-order valence-electron chi connectivity index (χ0n) is 13.0. The zero-order chi connectivity index (χ0) is 16.8. The van der Waals surface area contributed by atoms with Crippen LogP contribution < -0.4 is 20.7 Å². The van der Waals surface area contributed by atoms with Crippen molar-refractivity contribution in [3.63, 3.8) is 0 Å². The monoisotopic (exact) mass is 378 g/mol. The fraction of sp³-hybridized carbons (Fsp3) is 0.250. The number of nitrogens with one attached hydrogen (secondary N) is 1. The molecule has 1 aromatic carbocycles. The number of rotatable bonds is 6. The zero-order valence-corrected chi connectivity index (χ0v) is 14.6. The molecule has 0 radical (unpaired) electrons. The third-order valence-electron chi connectivity index (χ3n) is 3.00. The molecular weight excluding hydrogens is 360 g/mol. The summed E-state index contributed by atoms with van der Waals surface area (Å²) in [5.41, 5.74) is 6.57. The fourth-order valence-electron chi connectivity index (χ4n) is 1.97. The van der Waals surface area contributed by atoms with E-state index in [-0.39, 0.29) is 5.91 Å². The van der Waals surface area contributed by atoms with Gasteiger partial charge in [0.1, 0.15) is 18.2 Å². The van der Waals surface area contributed by atoms with E-state index in [9.17, 15) is 4.79 Å². The van der Waals surface area contributed by atoms with Crippen LogP contribution in [0.5, 0.6) is 5.75 Å². The van der Waals surface area contributed by atoms with Crippen molar-refractivity contribution in [3.8, 4) is 5.75 Å². The number of carbonyl (C=O) groups excluding carboxylic acids is 1. The van der Waals surface area contributed by atoms with Gasteiger partial charge in [0.25, 0.3) is 5.91 Å². The molecule has 1 amide bonds. The highest BCUT2D eigenvalue weighted by molar-refractivity contribution is 9.10. The molecule has 0 fully saturated rings. The number of hydrogen-bond donors (Lipinski definition) is 2. The molecule has 23 heavy (non-hydrogen) atoms. The predicted octanol–water partition coefficient (Wildman–Crippen LogP) is 2.50. The van der Waals surface area contributed by atoms with Gasteiger partial charge in [-0.05, 0) is 46.3 Å². The molecule has 0 aliphatic heterocycles. The highest BCUT2D eigenvalue weighted by atomic mass is 79.9. The van der Waals surface area contributed by atoms with Crippen LogP contribution in [0, 0.1) is 0 Å². The summed E-state index contributed by atoms with van der Waals surface area (Å²) in [5.74, 6) is 1.10. The van der Waals surface area contributed by atoms with Gasteiger partial charge in [-0.3, -0.25) is 4.79 Å². The van der Waals surface area contributed by atoms with Gasteiger partial charge in [-0.1, -0.05) is 0 Å². The second-order valence-electron chi connectivity index (χ2n) is 5.03. The van der Waals surface area contributed by atoms with Gasteiger partial charge in [0.05, 0.1) is 5.56 Å². The second kappa shape index (κ2) is 7.94. The summed E-state index contributed by atoms with van der Waals surface area (Å²) in [6.45, 7) is 0.920. The van der Waals surface area contributed by atoms with E-state index >= 15 is 0 Å². The second-order valence-corrected chi connectivity index (χ2v) is 5.95. The van der Waals surface area contributed by atoms with Crippen molar-refractivity contribution in [2.75, 3.05) is 37.5 Å². The van der Waals surface area contributed by atoms with E-state index in [1.54, 1.807) is 41.4 Å². The number of carbonyl (C=O) groups is 1. The van der Waals surface area contributed by atoms with E-state index in [0.717, 1.165) is 4.47 Å². The number of benzene rings is 1. The summed E-state index contributed by atoms with van der Waals surface area (Å²) in [6.07, 6.45) is 1.66. The number of aromatic nitrogens is 1. The molecule has 0 aliphatic carbocycles. The van der Waals surface area contributed by atoms with E-state index in [4.69, 9.17) is 10.5 Å². The van der Waals surface area contributed by atoms with Gasteiger partial charge in [-0.2, -0.15) is 0 Å². The average Bonchev–Trinajstić information content (AvgIpc) is 2.53. The molecule has 1 heterocycles. The first-order valence-corrected chi connectivity index (χ1v) is 7.87. The van der Waals surface area contributed by atoms with E-state index in [1.807, 2.05) is 14.1 Å². The standard InChI is InChI=1S/C16H19BrN4O2/c1-21(2)15-14(9-11(17)10-19-15)16(22)20-12-3-5-13(6-4-12)23-8-7-18/h3-6,9-10H,7-8,18H2,1-2H3,(H,20,22). The molecule has 2 aromatic rings. The van der Waals surface area contributed by atoms with Gasteiger partial charge in [0.15, 0.2) is 0 Å². The molecule has 0 saturated heterocycles. The number of anilines is 2. The van der Waals surface area contributed by atoms with E-state index < -0.39 is 0 Å². The van der Waals surface area contributed by atoms with Crippen LogP contribution in [0.25, 0.3) is 0 Å². The Kier molecular flexibility index (Phi) is 5.95. The molecule has 2 rings (SSSR count). The van der Waals surface area contributed by atoms with Crippen LogP contribution in [-0.4, -0.2) is 38.1 Å². The summed E-state index contributed by atoms with van der Waals surface area (Å²) in [6, 6.07) is 8.89. The lowest BCUT2D eigenvalue weighted by Gasteiger charge is -2.16. The number of halogens is 1. The summed E-state index contributed by atoms with van der Waals surface area (Å²) in [4.78, 5) is 18.6. The van der Waals surface area contributed by atoms with Gasteiger partial charge in [-0.15, -0.1) is 0 Å². The molecule has 0 saturated carbocycles. The third-order valence-corrected chi connectivity index (χ3v) is 3.43. The Morgan fingerprint density at radius 1 is 1.35 bits per heavy atom. The van der Waals surface area contributed by atoms with E-state index in [2.05, 4.69) is 26.2 Å². The number of hydrogen-bond acceptors (Lipinski definition) is 5. The van der Waals surface area contributed by atoms with E-state index in [0.29, 0.717) is 36.0 Å². The molecule has 0 bridgehead atoms. The number of pyridine rings is 1. The normalized spacial score (nSPS) is 10.3. The number of amides is 1. The maximum Gasteiger partial charge on any atom is 0.259 e. The molecule has 122 valence electrons. The van der Waals surface area contributed by atoms with Gasteiger partial charge in [0.2, 0.25) is 0 Å². The highest BCUT2D eigenvalue weighted by Crippen LogP contribution is 2.22. The Hall–Kier alpha value is -2.12. The number of nitrogens with zero attached hydrogens (tertiary/aromatic N) is 2. The first kappa shape index (κ1) is 17.2. The number of ether oxygens (including phenoxy) is 1. The molecule has 0 aliphatic rings. The Morgan fingerprint density at radius 2 is 2.04 bits per heavy atom. The first-order chi connectivity index (χ1) is 11.0. The van der Waals surface area contributed by atoms with E-state index in [1.165, 1.54) is 0 Å². The minimum Gasteiger partial charge on any atom is -0.492 e. The molecule has 3 N–H and O–H groups in total. The van der Waals surface area contributed by atoms with Crippen molar-refractivity contribution < 1.29 is 9.53 Å². The summed E-state index contributed by atoms with van der Waals surface area (Å²) >= 11 is 3.34. The summed E-state index contributed by atoms with van der Waals surface area (Å²) in [5, 5.41) is 2.86. The van der Waals surface area contributed by atoms with Crippen LogP contribution in [0.2, 0.25) is 0 Å². The largest absolute Gasteiger partial charge is 0.492 e. The predicted molar refractivity (Wildman–Crippen MR) is 95.2 cm³/mol. The molecule has 0 spiro atoms. The van der Waals surface area contributed by atoms with Gasteiger partial charge in [0, 0.05) is 37.0 Å². The molecular formula is C16H19BrN4O2. The Balaban J connectivity index is 2.14.